The van der Waals surface area contributed by atoms with Crippen LogP contribution in [0.25, 0.3) is 6.08 Å². The van der Waals surface area contributed by atoms with Gasteiger partial charge in [0, 0.05) is 11.6 Å². The van der Waals surface area contributed by atoms with Crippen molar-refractivity contribution < 1.29 is 4.31 Å². The van der Waals surface area contributed by atoms with Crippen molar-refractivity contribution >= 4 is 24.6 Å². The molecule has 1 N–H and O–H groups in total. The zero-order valence-corrected chi connectivity index (χ0v) is 6.19. The average Bonchev–Trinajstić information content (AvgIpc) is 2.34. The van der Waals surface area contributed by atoms with E-state index in [-0.39, 0.29) is 0 Å². The van der Waals surface area contributed by atoms with Crippen molar-refractivity contribution in [2.75, 3.05) is 0 Å². The molecule has 0 spiro atoms. The Balaban J connectivity index is 2.59. The molecule has 1 heterocycles. The average molecular weight is 149 g/mol. The highest BCUT2D eigenvalue weighted by Gasteiger charge is 2.08. The summed E-state index contributed by atoms with van der Waals surface area (Å²) in [6.45, 7) is 0. The lowest BCUT2D eigenvalue weighted by Gasteiger charge is -2.13. The van der Waals surface area contributed by atoms with Crippen molar-refractivity contribution in [3.63, 3.8) is 0 Å². The van der Waals surface area contributed by atoms with Crippen LogP contribution < -0.4 is 4.31 Å². The van der Waals surface area contributed by atoms with Crippen molar-refractivity contribution in [1.82, 2.24) is 0 Å². The Morgan fingerprint density at radius 2 is 2.00 bits per heavy atom. The fraction of sp³-hybridized carbons (Fsp3) is 0. The van der Waals surface area contributed by atoms with Gasteiger partial charge in [-0.3, -0.25) is 0 Å². The Hall–Kier alpha value is -0.730. The molecule has 1 aliphatic heterocycles. The SMILES string of the molecule is [S-][NH+]1C=Cc2ccccc21. The molecule has 0 saturated heterocycles. The van der Waals surface area contributed by atoms with Crippen LogP contribution in [-0.2, 0) is 12.8 Å². The molecule has 1 atom stereocenters. The van der Waals surface area contributed by atoms with Gasteiger partial charge < -0.3 is 17.1 Å². The van der Waals surface area contributed by atoms with Crippen molar-refractivity contribution in [1.29, 1.82) is 0 Å². The summed E-state index contributed by atoms with van der Waals surface area (Å²) in [4.78, 5) is 0. The molecule has 0 radical (unpaired) electrons. The molecule has 0 bridgehead atoms. The van der Waals surface area contributed by atoms with Gasteiger partial charge in [-0.05, 0) is 12.1 Å². The Kier molecular flexibility index (Phi) is 1.29. The quantitative estimate of drug-likeness (QED) is 0.531. The number of hydrogen-bond acceptors (Lipinski definition) is 1. The van der Waals surface area contributed by atoms with Gasteiger partial charge in [0.05, 0.1) is 6.20 Å². The molecule has 0 aromatic heterocycles. The zero-order valence-electron chi connectivity index (χ0n) is 5.37. The molecule has 0 fully saturated rings. The fourth-order valence-corrected chi connectivity index (χ4v) is 1.38. The van der Waals surface area contributed by atoms with Crippen LogP contribution in [0.2, 0.25) is 0 Å². The Bertz CT molecular complexity index is 280. The summed E-state index contributed by atoms with van der Waals surface area (Å²) in [6.07, 6.45) is 4.03. The van der Waals surface area contributed by atoms with Crippen molar-refractivity contribution in [2.24, 2.45) is 0 Å². The summed E-state index contributed by atoms with van der Waals surface area (Å²) >= 11 is 5.09. The number of para-hydroxylation sites is 1. The first-order chi connectivity index (χ1) is 4.88. The van der Waals surface area contributed by atoms with Crippen LogP contribution in [0.15, 0.2) is 30.5 Å². The Morgan fingerprint density at radius 3 is 2.80 bits per heavy atom. The fourth-order valence-electron chi connectivity index (χ4n) is 1.12. The van der Waals surface area contributed by atoms with Crippen molar-refractivity contribution in [3.8, 4) is 0 Å². The second-order valence-corrected chi connectivity index (χ2v) is 2.72. The second kappa shape index (κ2) is 2.15. The van der Waals surface area contributed by atoms with Crippen molar-refractivity contribution in [3.05, 3.63) is 36.0 Å². The third-order valence-corrected chi connectivity index (χ3v) is 2.00. The van der Waals surface area contributed by atoms with E-state index in [9.17, 15) is 0 Å². The first kappa shape index (κ1) is 6.01. The lowest BCUT2D eigenvalue weighted by atomic mass is 10.2. The monoisotopic (exact) mass is 149 g/mol. The smallest absolute Gasteiger partial charge is 0.125 e. The molecular formula is C8H7NS. The summed E-state index contributed by atoms with van der Waals surface area (Å²) < 4.78 is 0.954. The molecule has 0 saturated carbocycles. The number of nitrogens with one attached hydrogen (secondary N) is 1. The van der Waals surface area contributed by atoms with E-state index in [0.717, 1.165) is 4.31 Å². The van der Waals surface area contributed by atoms with Crippen LogP contribution in [0.1, 0.15) is 5.56 Å². The van der Waals surface area contributed by atoms with E-state index in [2.05, 4.69) is 18.2 Å². The number of fused-ring (bicyclic) bond motifs is 1. The van der Waals surface area contributed by atoms with E-state index >= 15 is 0 Å². The van der Waals surface area contributed by atoms with Gasteiger partial charge >= 0.3 is 0 Å². The number of hydrogen-bond donors (Lipinski definition) is 1. The minimum atomic E-state index is 0.954. The number of rotatable bonds is 0. The molecule has 10 heavy (non-hydrogen) atoms. The van der Waals surface area contributed by atoms with E-state index in [0.29, 0.717) is 0 Å². The Morgan fingerprint density at radius 1 is 1.20 bits per heavy atom. The van der Waals surface area contributed by atoms with Gasteiger partial charge in [0.15, 0.2) is 0 Å². The molecule has 0 amide bonds. The number of benzene rings is 1. The first-order valence-electron chi connectivity index (χ1n) is 3.19. The predicted octanol–water partition coefficient (Wildman–Crippen LogP) is 0.649. The molecule has 1 nitrogen and oxygen atoms in total. The first-order valence-corrected chi connectivity index (χ1v) is 3.60. The van der Waals surface area contributed by atoms with E-state index in [1.54, 1.807) is 0 Å². The van der Waals surface area contributed by atoms with E-state index in [4.69, 9.17) is 12.8 Å². The summed E-state index contributed by atoms with van der Waals surface area (Å²) in [5, 5.41) is 0. The minimum absolute atomic E-state index is 0.954. The molecule has 1 aromatic rings. The van der Waals surface area contributed by atoms with Crippen molar-refractivity contribution in [2.45, 2.75) is 0 Å². The summed E-state index contributed by atoms with van der Waals surface area (Å²) in [5.74, 6) is 0. The third kappa shape index (κ3) is 0.770. The molecule has 50 valence electrons. The second-order valence-electron chi connectivity index (χ2n) is 2.28. The maximum absolute atomic E-state index is 5.09. The highest BCUT2D eigenvalue weighted by molar-refractivity contribution is 7.51. The van der Waals surface area contributed by atoms with Gasteiger partial charge in [-0.15, -0.1) is 0 Å². The summed E-state index contributed by atoms with van der Waals surface area (Å²) in [6, 6.07) is 8.16. The molecule has 2 heteroatoms. The molecule has 2 rings (SSSR count). The molecular weight excluding hydrogens is 142 g/mol. The topological polar surface area (TPSA) is 4.44 Å². The van der Waals surface area contributed by atoms with Gasteiger partial charge in [0.2, 0.25) is 0 Å². The normalized spacial score (nSPS) is 21.1. The van der Waals surface area contributed by atoms with Gasteiger partial charge in [0.1, 0.15) is 5.69 Å². The maximum atomic E-state index is 5.09. The number of quaternary nitrogens is 1. The minimum Gasteiger partial charge on any atom is -0.484 e. The standard InChI is InChI=1S/C8H7NS/c10-9-6-5-7-3-1-2-4-8(7)9/h1-6,9H. The maximum Gasteiger partial charge on any atom is 0.125 e. The molecule has 0 aliphatic carbocycles. The van der Waals surface area contributed by atoms with Gasteiger partial charge in [-0.1, -0.05) is 12.1 Å². The van der Waals surface area contributed by atoms with Crippen LogP contribution in [0, 0.1) is 0 Å². The summed E-state index contributed by atoms with van der Waals surface area (Å²) in [7, 11) is 0. The summed E-state index contributed by atoms with van der Waals surface area (Å²) in [5.41, 5.74) is 2.44. The molecule has 1 aromatic carbocycles. The van der Waals surface area contributed by atoms with E-state index < -0.39 is 0 Å². The lowest BCUT2D eigenvalue weighted by Crippen LogP contribution is -2.95. The molecule has 1 aliphatic rings. The highest BCUT2D eigenvalue weighted by Crippen LogP contribution is 2.15. The van der Waals surface area contributed by atoms with E-state index in [1.165, 1.54) is 11.3 Å². The Labute approximate surface area is 65.5 Å². The predicted molar refractivity (Wildman–Crippen MR) is 43.5 cm³/mol. The van der Waals surface area contributed by atoms with Gasteiger partial charge in [-0.25, -0.2) is 0 Å². The van der Waals surface area contributed by atoms with Crippen LogP contribution in [0.4, 0.5) is 5.69 Å². The third-order valence-electron chi connectivity index (χ3n) is 1.64. The van der Waals surface area contributed by atoms with Gasteiger partial charge in [-0.2, -0.15) is 0 Å². The lowest BCUT2D eigenvalue weighted by molar-refractivity contribution is -0.603. The molecule has 1 unspecified atom stereocenters. The van der Waals surface area contributed by atoms with Crippen LogP contribution >= 0.6 is 0 Å². The highest BCUT2D eigenvalue weighted by atomic mass is 32.1. The van der Waals surface area contributed by atoms with Crippen LogP contribution in [-0.4, -0.2) is 0 Å². The largest absolute Gasteiger partial charge is 0.484 e. The van der Waals surface area contributed by atoms with E-state index in [1.807, 2.05) is 18.3 Å². The van der Waals surface area contributed by atoms with Crippen LogP contribution in [0.5, 0.6) is 0 Å². The van der Waals surface area contributed by atoms with Gasteiger partial charge in [0.25, 0.3) is 0 Å². The van der Waals surface area contributed by atoms with Crippen LogP contribution in [0.3, 0.4) is 0 Å². The zero-order chi connectivity index (χ0) is 6.97.